The van der Waals surface area contributed by atoms with Crippen LogP contribution in [0.2, 0.25) is 0 Å². The van der Waals surface area contributed by atoms with Crippen molar-refractivity contribution < 1.29 is 27.4 Å². The first-order valence-electron chi connectivity index (χ1n) is 5.65. The van der Waals surface area contributed by atoms with Crippen molar-refractivity contribution in [3.8, 4) is 11.5 Å². The van der Waals surface area contributed by atoms with Gasteiger partial charge in [0.2, 0.25) is 0 Å². The topological polar surface area (TPSA) is 73.6 Å². The molecule has 1 aromatic carbocycles. The van der Waals surface area contributed by atoms with E-state index in [0.29, 0.717) is 5.75 Å². The number of anilines is 1. The van der Waals surface area contributed by atoms with Gasteiger partial charge in [0, 0.05) is 18.3 Å². The lowest BCUT2D eigenvalue weighted by molar-refractivity contribution is -0.132. The van der Waals surface area contributed by atoms with Crippen LogP contribution in [0.3, 0.4) is 0 Å². The van der Waals surface area contributed by atoms with Crippen molar-refractivity contribution in [1.82, 2.24) is 5.32 Å². The maximum absolute atomic E-state index is 12.0. The molecular formula is C12H15F3N2O3. The van der Waals surface area contributed by atoms with E-state index in [1.54, 1.807) is 0 Å². The smallest absolute Gasteiger partial charge is 0.390 e. The number of nitrogens with two attached hydrogens (primary N) is 1. The lowest BCUT2D eigenvalue weighted by Crippen LogP contribution is -2.28. The molecule has 0 atom stereocenters. The Morgan fingerprint density at radius 1 is 1.25 bits per heavy atom. The molecule has 1 amide bonds. The van der Waals surface area contributed by atoms with Gasteiger partial charge in [-0.1, -0.05) is 0 Å². The number of hydrogen-bond acceptors (Lipinski definition) is 4. The van der Waals surface area contributed by atoms with Gasteiger partial charge in [-0.25, -0.2) is 0 Å². The maximum atomic E-state index is 12.0. The zero-order valence-electron chi connectivity index (χ0n) is 11.0. The van der Waals surface area contributed by atoms with Gasteiger partial charge in [0.25, 0.3) is 5.91 Å². The van der Waals surface area contributed by atoms with Crippen LogP contribution in [-0.2, 0) is 0 Å². The van der Waals surface area contributed by atoms with Crippen molar-refractivity contribution in [2.24, 2.45) is 0 Å². The summed E-state index contributed by atoms with van der Waals surface area (Å²) < 4.78 is 46.0. The zero-order valence-corrected chi connectivity index (χ0v) is 11.0. The van der Waals surface area contributed by atoms with Crippen LogP contribution in [0.15, 0.2) is 12.1 Å². The average Bonchev–Trinajstić information content (AvgIpc) is 2.36. The number of nitrogens with one attached hydrogen (secondary N) is 1. The SMILES string of the molecule is COc1cc(N)c(C(=O)NCCC(F)(F)F)cc1OC. The Bertz CT molecular complexity index is 490. The molecule has 0 aliphatic carbocycles. The molecule has 0 saturated carbocycles. The molecule has 0 radical (unpaired) electrons. The lowest BCUT2D eigenvalue weighted by Gasteiger charge is -2.13. The van der Waals surface area contributed by atoms with Crippen molar-refractivity contribution >= 4 is 11.6 Å². The number of nitrogen functional groups attached to an aromatic ring is 1. The maximum Gasteiger partial charge on any atom is 0.390 e. The minimum absolute atomic E-state index is 0.0322. The first-order chi connectivity index (χ1) is 9.28. The van der Waals surface area contributed by atoms with Gasteiger partial charge in [-0.05, 0) is 6.07 Å². The van der Waals surface area contributed by atoms with Crippen molar-refractivity contribution in [3.05, 3.63) is 17.7 Å². The molecule has 1 rings (SSSR count). The average molecular weight is 292 g/mol. The monoisotopic (exact) mass is 292 g/mol. The quantitative estimate of drug-likeness (QED) is 0.814. The minimum Gasteiger partial charge on any atom is -0.493 e. The molecular weight excluding hydrogens is 277 g/mol. The number of alkyl halides is 3. The standard InChI is InChI=1S/C12H15F3N2O3/c1-19-9-5-7(8(16)6-10(9)20-2)11(18)17-4-3-12(13,14)15/h5-6H,3-4,16H2,1-2H3,(H,17,18). The Balaban J connectivity index is 2.82. The second-order valence-electron chi connectivity index (χ2n) is 3.92. The van der Waals surface area contributed by atoms with Gasteiger partial charge in [0.15, 0.2) is 11.5 Å². The number of rotatable bonds is 5. The molecule has 112 valence electrons. The third-order valence-electron chi connectivity index (χ3n) is 2.49. The first kappa shape index (κ1) is 15.9. The van der Waals surface area contributed by atoms with E-state index in [1.807, 2.05) is 0 Å². The molecule has 8 heteroatoms. The number of amides is 1. The van der Waals surface area contributed by atoms with Gasteiger partial charge in [-0.2, -0.15) is 13.2 Å². The summed E-state index contributed by atoms with van der Waals surface area (Å²) in [6.07, 6.45) is -5.43. The number of halogens is 3. The van der Waals surface area contributed by atoms with Crippen LogP contribution in [0.4, 0.5) is 18.9 Å². The molecule has 1 aromatic rings. The highest BCUT2D eigenvalue weighted by molar-refractivity contribution is 6.00. The summed E-state index contributed by atoms with van der Waals surface area (Å²) in [5.74, 6) is -0.104. The van der Waals surface area contributed by atoms with Crippen LogP contribution in [0.5, 0.6) is 11.5 Å². The highest BCUT2D eigenvalue weighted by atomic mass is 19.4. The van der Waals surface area contributed by atoms with Gasteiger partial charge in [-0.15, -0.1) is 0 Å². The van der Waals surface area contributed by atoms with Gasteiger partial charge in [0.1, 0.15) is 0 Å². The van der Waals surface area contributed by atoms with Crippen LogP contribution in [0.25, 0.3) is 0 Å². The lowest BCUT2D eigenvalue weighted by atomic mass is 10.1. The Morgan fingerprint density at radius 3 is 2.30 bits per heavy atom. The van der Waals surface area contributed by atoms with Crippen LogP contribution >= 0.6 is 0 Å². The second kappa shape index (κ2) is 6.36. The van der Waals surface area contributed by atoms with Crippen LogP contribution < -0.4 is 20.5 Å². The summed E-state index contributed by atoms with van der Waals surface area (Å²) in [6, 6.07) is 2.69. The van der Waals surface area contributed by atoms with Crippen LogP contribution in [0.1, 0.15) is 16.8 Å². The van der Waals surface area contributed by atoms with E-state index in [-0.39, 0.29) is 17.0 Å². The van der Waals surface area contributed by atoms with E-state index < -0.39 is 25.0 Å². The highest BCUT2D eigenvalue weighted by Crippen LogP contribution is 2.31. The molecule has 0 saturated heterocycles. The van der Waals surface area contributed by atoms with Gasteiger partial charge in [0.05, 0.1) is 26.2 Å². The third kappa shape index (κ3) is 4.22. The fourth-order valence-electron chi connectivity index (χ4n) is 1.50. The molecule has 0 spiro atoms. The number of carbonyl (C=O) groups excluding carboxylic acids is 1. The molecule has 20 heavy (non-hydrogen) atoms. The van der Waals surface area contributed by atoms with Crippen molar-refractivity contribution in [2.75, 3.05) is 26.5 Å². The number of benzene rings is 1. The predicted octanol–water partition coefficient (Wildman–Crippen LogP) is 1.97. The Labute approximate surface area is 113 Å². The van der Waals surface area contributed by atoms with Gasteiger partial charge >= 0.3 is 6.18 Å². The van der Waals surface area contributed by atoms with E-state index in [0.717, 1.165) is 0 Å². The molecule has 0 fully saturated rings. The highest BCUT2D eigenvalue weighted by Gasteiger charge is 2.27. The summed E-state index contributed by atoms with van der Waals surface area (Å²) in [4.78, 5) is 11.8. The van der Waals surface area contributed by atoms with E-state index in [1.165, 1.54) is 26.4 Å². The molecule has 0 aliphatic heterocycles. The summed E-state index contributed by atoms with van der Waals surface area (Å²) in [7, 11) is 2.78. The Morgan fingerprint density at radius 2 is 1.80 bits per heavy atom. The minimum atomic E-state index is -4.32. The fourth-order valence-corrected chi connectivity index (χ4v) is 1.50. The van der Waals surface area contributed by atoms with E-state index >= 15 is 0 Å². The molecule has 0 bridgehead atoms. The Hall–Kier alpha value is -2.12. The van der Waals surface area contributed by atoms with Gasteiger partial charge < -0.3 is 20.5 Å². The van der Waals surface area contributed by atoms with Crippen LogP contribution in [-0.4, -0.2) is 32.8 Å². The first-order valence-corrected chi connectivity index (χ1v) is 5.65. The number of ether oxygens (including phenoxy) is 2. The molecule has 0 aliphatic rings. The summed E-state index contributed by atoms with van der Waals surface area (Å²) in [6.45, 7) is -0.518. The van der Waals surface area contributed by atoms with E-state index in [9.17, 15) is 18.0 Å². The van der Waals surface area contributed by atoms with Crippen LogP contribution in [0, 0.1) is 0 Å². The molecule has 3 N–H and O–H groups in total. The summed E-state index contributed by atoms with van der Waals surface area (Å²) >= 11 is 0. The van der Waals surface area contributed by atoms with Crippen molar-refractivity contribution in [2.45, 2.75) is 12.6 Å². The second-order valence-corrected chi connectivity index (χ2v) is 3.92. The fraction of sp³-hybridized carbons (Fsp3) is 0.417. The number of methoxy groups -OCH3 is 2. The van der Waals surface area contributed by atoms with Gasteiger partial charge in [-0.3, -0.25) is 4.79 Å². The van der Waals surface area contributed by atoms with E-state index in [4.69, 9.17) is 15.2 Å². The van der Waals surface area contributed by atoms with Crippen molar-refractivity contribution in [3.63, 3.8) is 0 Å². The number of hydrogen-bond donors (Lipinski definition) is 2. The normalized spacial score (nSPS) is 11.1. The van der Waals surface area contributed by atoms with Crippen molar-refractivity contribution in [1.29, 1.82) is 0 Å². The molecule has 0 aromatic heterocycles. The molecule has 0 unspecified atom stereocenters. The predicted molar refractivity (Wildman–Crippen MR) is 67.0 cm³/mol. The summed E-state index contributed by atoms with van der Waals surface area (Å²) in [5, 5.41) is 2.15. The zero-order chi connectivity index (χ0) is 15.3. The van der Waals surface area contributed by atoms with E-state index in [2.05, 4.69) is 5.32 Å². The third-order valence-corrected chi connectivity index (χ3v) is 2.49. The largest absolute Gasteiger partial charge is 0.493 e. The summed E-state index contributed by atoms with van der Waals surface area (Å²) in [5.41, 5.74) is 5.78. The Kier molecular flexibility index (Phi) is 5.06. The molecule has 0 heterocycles. The molecule has 5 nitrogen and oxygen atoms in total. The number of carbonyl (C=O) groups is 1.